The number of aromatic nitrogens is 1. The number of hydrogen-bond acceptors (Lipinski definition) is 3. The number of aliphatic hydroxyl groups excluding tert-OH is 1. The number of ether oxygens (including phenoxy) is 1. The Morgan fingerprint density at radius 1 is 0.600 bits per heavy atom. The van der Waals surface area contributed by atoms with Gasteiger partial charge in [0.25, 0.3) is 0 Å². The molecule has 0 aliphatic carbocycles. The van der Waals surface area contributed by atoms with Gasteiger partial charge >= 0.3 is 0 Å². The summed E-state index contributed by atoms with van der Waals surface area (Å²) in [7, 11) is 4.25. The average Bonchev–Trinajstić information content (AvgIpc) is 3.33. The molecule has 0 saturated heterocycles. The van der Waals surface area contributed by atoms with Crippen LogP contribution >= 0.6 is 0 Å². The monoisotopic (exact) mass is 529 g/mol. The zero-order chi connectivity index (χ0) is 28.6. The van der Waals surface area contributed by atoms with Gasteiger partial charge in [0.15, 0.2) is 5.78 Å². The number of methoxy groups -OCH3 is 1. The number of benzene rings is 5. The molecule has 0 atom stereocenters. The molecule has 0 fully saturated rings. The number of aryl methyl sites for hydroxylation is 2. The highest BCUT2D eigenvalue weighted by molar-refractivity contribution is 6.11. The van der Waals surface area contributed by atoms with E-state index in [1.54, 1.807) is 14.2 Å². The van der Waals surface area contributed by atoms with Gasteiger partial charge in [-0.05, 0) is 66.4 Å². The van der Waals surface area contributed by atoms with Crippen molar-refractivity contribution < 1.29 is 14.6 Å². The quantitative estimate of drug-likeness (QED) is 0.234. The summed E-state index contributed by atoms with van der Waals surface area (Å²) in [5, 5.41) is 9.49. The number of aliphatic hydroxyl groups is 1. The maximum absolute atomic E-state index is 13.4. The molecule has 1 aromatic heterocycles. The van der Waals surface area contributed by atoms with E-state index in [2.05, 4.69) is 88.2 Å². The highest BCUT2D eigenvalue weighted by Crippen LogP contribution is 2.33. The van der Waals surface area contributed by atoms with Crippen LogP contribution in [0.5, 0.6) is 0 Å². The van der Waals surface area contributed by atoms with Crippen molar-refractivity contribution in [3.8, 4) is 16.8 Å². The van der Waals surface area contributed by atoms with Crippen LogP contribution in [0.2, 0.25) is 0 Å². The van der Waals surface area contributed by atoms with Crippen LogP contribution in [-0.4, -0.2) is 36.8 Å². The van der Waals surface area contributed by atoms with Gasteiger partial charge in [-0.1, -0.05) is 84.9 Å². The summed E-state index contributed by atoms with van der Waals surface area (Å²) in [5.74, 6) is 0.0704. The standard InChI is InChI=1S/C33H25NO.C2H6O.CH4O/c1-22-10-3-4-13-27(22)33(35)30-21-25(19-18-23(30)2)24-11-9-12-26(20-24)34-31-16-7-5-14-28(31)29-15-6-8-17-32(29)34;1-3-2;1-2/h3-21H,1-2H3;1-2H3;2H,1H3. The van der Waals surface area contributed by atoms with E-state index in [0.29, 0.717) is 0 Å². The fraction of sp³-hybridized carbons (Fsp3) is 0.139. The predicted molar refractivity (Wildman–Crippen MR) is 167 cm³/mol. The van der Waals surface area contributed by atoms with Crippen LogP contribution in [0.15, 0.2) is 115 Å². The summed E-state index contributed by atoms with van der Waals surface area (Å²) < 4.78 is 6.57. The van der Waals surface area contributed by atoms with Crippen LogP contribution in [0.25, 0.3) is 38.6 Å². The van der Waals surface area contributed by atoms with Crippen molar-refractivity contribution in [1.82, 2.24) is 4.57 Å². The second-order valence-corrected chi connectivity index (χ2v) is 9.50. The van der Waals surface area contributed by atoms with Crippen molar-refractivity contribution in [1.29, 1.82) is 0 Å². The average molecular weight is 530 g/mol. The van der Waals surface area contributed by atoms with Crippen LogP contribution in [-0.2, 0) is 4.74 Å². The molecule has 6 aromatic rings. The first kappa shape index (κ1) is 28.5. The van der Waals surface area contributed by atoms with Crippen LogP contribution < -0.4 is 0 Å². The Balaban J connectivity index is 0.000000695. The minimum Gasteiger partial charge on any atom is -0.400 e. The molecule has 1 heterocycles. The highest BCUT2D eigenvalue weighted by atomic mass is 16.4. The van der Waals surface area contributed by atoms with Gasteiger partial charge in [-0.3, -0.25) is 4.79 Å². The molecule has 0 amide bonds. The Labute approximate surface area is 236 Å². The zero-order valence-corrected chi connectivity index (χ0v) is 23.7. The van der Waals surface area contributed by atoms with E-state index in [1.165, 1.54) is 21.8 Å². The molecule has 0 unspecified atom stereocenters. The van der Waals surface area contributed by atoms with Crippen molar-refractivity contribution in [2.45, 2.75) is 13.8 Å². The second kappa shape index (κ2) is 13.0. The number of hydrogen-bond donors (Lipinski definition) is 1. The number of carbonyl (C=O) groups is 1. The molecule has 202 valence electrons. The number of para-hydroxylation sites is 2. The number of nitrogens with zero attached hydrogens (tertiary/aromatic N) is 1. The third-order valence-electron chi connectivity index (χ3n) is 6.89. The van der Waals surface area contributed by atoms with Crippen molar-refractivity contribution in [3.05, 3.63) is 138 Å². The van der Waals surface area contributed by atoms with Gasteiger partial charge in [0, 0.05) is 48.9 Å². The van der Waals surface area contributed by atoms with E-state index >= 15 is 0 Å². The first-order chi connectivity index (χ1) is 19.5. The van der Waals surface area contributed by atoms with Gasteiger partial charge in [0.2, 0.25) is 0 Å². The fourth-order valence-electron chi connectivity index (χ4n) is 5.04. The van der Waals surface area contributed by atoms with Gasteiger partial charge in [-0.15, -0.1) is 0 Å². The molecule has 40 heavy (non-hydrogen) atoms. The molecule has 0 saturated carbocycles. The summed E-state index contributed by atoms with van der Waals surface area (Å²) in [6, 6.07) is 39.6. The Kier molecular flexibility index (Phi) is 9.28. The molecular weight excluding hydrogens is 494 g/mol. The Morgan fingerprint density at radius 3 is 1.75 bits per heavy atom. The van der Waals surface area contributed by atoms with E-state index in [9.17, 15) is 4.79 Å². The smallest absolute Gasteiger partial charge is 0.193 e. The summed E-state index contributed by atoms with van der Waals surface area (Å²) >= 11 is 0. The van der Waals surface area contributed by atoms with E-state index < -0.39 is 0 Å². The lowest BCUT2D eigenvalue weighted by molar-refractivity contribution is 0.103. The predicted octanol–water partition coefficient (Wildman–Crippen LogP) is 8.17. The molecule has 4 heteroatoms. The van der Waals surface area contributed by atoms with Gasteiger partial charge in [-0.25, -0.2) is 0 Å². The summed E-state index contributed by atoms with van der Waals surface area (Å²) in [6.07, 6.45) is 0. The second-order valence-electron chi connectivity index (χ2n) is 9.50. The number of rotatable bonds is 4. The highest BCUT2D eigenvalue weighted by Gasteiger charge is 2.16. The first-order valence-electron chi connectivity index (χ1n) is 13.2. The number of fused-ring (bicyclic) bond motifs is 3. The molecular formula is C36H35NO3. The normalized spacial score (nSPS) is 10.4. The maximum Gasteiger partial charge on any atom is 0.193 e. The van der Waals surface area contributed by atoms with Crippen LogP contribution in [0.3, 0.4) is 0 Å². The molecule has 0 spiro atoms. The van der Waals surface area contributed by atoms with E-state index in [4.69, 9.17) is 5.11 Å². The van der Waals surface area contributed by atoms with Crippen molar-refractivity contribution in [2.24, 2.45) is 0 Å². The van der Waals surface area contributed by atoms with E-state index in [-0.39, 0.29) is 5.78 Å². The minimum absolute atomic E-state index is 0.0704. The third kappa shape index (κ3) is 5.59. The Bertz CT molecular complexity index is 1710. The first-order valence-corrected chi connectivity index (χ1v) is 13.2. The maximum atomic E-state index is 13.4. The summed E-state index contributed by atoms with van der Waals surface area (Å²) in [4.78, 5) is 13.4. The van der Waals surface area contributed by atoms with Crippen LogP contribution in [0, 0.1) is 13.8 Å². The lowest BCUT2D eigenvalue weighted by Gasteiger charge is -2.13. The van der Waals surface area contributed by atoms with Gasteiger partial charge in [0.05, 0.1) is 11.0 Å². The lowest BCUT2D eigenvalue weighted by Crippen LogP contribution is -2.06. The van der Waals surface area contributed by atoms with Crippen molar-refractivity contribution in [2.75, 3.05) is 21.3 Å². The fourth-order valence-corrected chi connectivity index (χ4v) is 5.04. The molecule has 0 aliphatic rings. The SMILES string of the molecule is CO.COC.Cc1ccccc1C(=O)c1cc(-c2cccc(-n3c4ccccc4c4ccccc43)c2)ccc1C. The topological polar surface area (TPSA) is 51.5 Å². The summed E-state index contributed by atoms with van der Waals surface area (Å²) in [5.41, 5.74) is 9.09. The minimum atomic E-state index is 0.0704. The molecule has 5 aromatic carbocycles. The molecule has 0 bridgehead atoms. The molecule has 4 nitrogen and oxygen atoms in total. The van der Waals surface area contributed by atoms with Crippen LogP contribution in [0.4, 0.5) is 0 Å². The molecule has 0 aliphatic heterocycles. The molecule has 1 N–H and O–H groups in total. The Hall–Kier alpha value is -4.51. The van der Waals surface area contributed by atoms with Gasteiger partial charge in [0.1, 0.15) is 0 Å². The van der Waals surface area contributed by atoms with Gasteiger partial charge < -0.3 is 14.4 Å². The third-order valence-corrected chi connectivity index (χ3v) is 6.89. The van der Waals surface area contributed by atoms with Gasteiger partial charge in [-0.2, -0.15) is 0 Å². The zero-order valence-electron chi connectivity index (χ0n) is 23.7. The Morgan fingerprint density at radius 2 is 1.12 bits per heavy atom. The molecule has 6 rings (SSSR count). The summed E-state index contributed by atoms with van der Waals surface area (Å²) in [6.45, 7) is 3.99. The number of carbonyl (C=O) groups excluding carboxylic acids is 1. The lowest BCUT2D eigenvalue weighted by atomic mass is 9.93. The van der Waals surface area contributed by atoms with Crippen molar-refractivity contribution >= 4 is 27.6 Å². The van der Waals surface area contributed by atoms with Crippen LogP contribution in [0.1, 0.15) is 27.0 Å². The molecule has 0 radical (unpaired) electrons. The number of ketones is 1. The largest absolute Gasteiger partial charge is 0.400 e. The van der Waals surface area contributed by atoms with E-state index in [1.807, 2.05) is 50.2 Å². The van der Waals surface area contributed by atoms with E-state index in [0.717, 1.165) is 46.2 Å². The van der Waals surface area contributed by atoms with Crippen molar-refractivity contribution in [3.63, 3.8) is 0 Å².